The first kappa shape index (κ1) is 14.4. The molecule has 20 heavy (non-hydrogen) atoms. The van der Waals surface area contributed by atoms with Crippen molar-refractivity contribution in [1.29, 1.82) is 0 Å². The summed E-state index contributed by atoms with van der Waals surface area (Å²) in [4.78, 5) is 0. The highest BCUT2D eigenvalue weighted by Crippen LogP contribution is 2.32. The van der Waals surface area contributed by atoms with Crippen molar-refractivity contribution in [2.45, 2.75) is 19.6 Å². The summed E-state index contributed by atoms with van der Waals surface area (Å²) in [5.74, 6) is -0.370. The van der Waals surface area contributed by atoms with Gasteiger partial charge in [-0.1, -0.05) is 18.2 Å². The van der Waals surface area contributed by atoms with E-state index in [0.717, 1.165) is 12.1 Å². The molecule has 2 aromatic rings. The maximum absolute atomic E-state index is 13.0. The van der Waals surface area contributed by atoms with Gasteiger partial charge in [-0.2, -0.15) is 13.2 Å². The largest absolute Gasteiger partial charge is 0.416 e. The van der Waals surface area contributed by atoms with Crippen LogP contribution >= 0.6 is 0 Å². The molecule has 2 rings (SSSR count). The zero-order chi connectivity index (χ0) is 14.8. The maximum Gasteiger partial charge on any atom is 0.416 e. The molecule has 1 N–H and O–H groups in total. The number of nitrogens with one attached hydrogen (secondary N) is 1. The summed E-state index contributed by atoms with van der Waals surface area (Å²) in [7, 11) is 0. The van der Waals surface area contributed by atoms with E-state index in [9.17, 15) is 17.6 Å². The molecule has 0 bridgehead atoms. The predicted octanol–water partition coefficient (Wildman–Crippen LogP) is 4.77. The lowest BCUT2D eigenvalue weighted by molar-refractivity contribution is -0.137. The van der Waals surface area contributed by atoms with Crippen LogP contribution < -0.4 is 5.32 Å². The summed E-state index contributed by atoms with van der Waals surface area (Å²) in [5.41, 5.74) is 1.06. The first-order chi connectivity index (χ1) is 9.36. The summed E-state index contributed by atoms with van der Waals surface area (Å²) >= 11 is 0. The van der Waals surface area contributed by atoms with E-state index < -0.39 is 11.7 Å². The van der Waals surface area contributed by atoms with Gasteiger partial charge in [-0.25, -0.2) is 4.39 Å². The molecule has 106 valence electrons. The van der Waals surface area contributed by atoms with Gasteiger partial charge in [0, 0.05) is 12.2 Å². The number of rotatable bonds is 3. The van der Waals surface area contributed by atoms with Gasteiger partial charge in [-0.05, 0) is 42.3 Å². The average molecular weight is 283 g/mol. The lowest BCUT2D eigenvalue weighted by atomic mass is 10.1. The van der Waals surface area contributed by atoms with Crippen LogP contribution in [0.15, 0.2) is 42.5 Å². The Morgan fingerprint density at radius 2 is 1.80 bits per heavy atom. The van der Waals surface area contributed by atoms with E-state index in [1.54, 1.807) is 19.1 Å². The third kappa shape index (κ3) is 3.50. The van der Waals surface area contributed by atoms with E-state index >= 15 is 0 Å². The lowest BCUT2D eigenvalue weighted by Crippen LogP contribution is -2.07. The highest BCUT2D eigenvalue weighted by Gasteiger charge is 2.30. The number of hydrogen-bond donors (Lipinski definition) is 1. The van der Waals surface area contributed by atoms with Gasteiger partial charge in [0.2, 0.25) is 0 Å². The summed E-state index contributed by atoms with van der Waals surface area (Å²) in [6.07, 6.45) is -4.37. The minimum atomic E-state index is -4.37. The Morgan fingerprint density at radius 3 is 2.45 bits per heavy atom. The van der Waals surface area contributed by atoms with Gasteiger partial charge in [0.05, 0.1) is 5.56 Å². The zero-order valence-electron chi connectivity index (χ0n) is 10.8. The van der Waals surface area contributed by atoms with E-state index in [1.807, 2.05) is 0 Å². The maximum atomic E-state index is 13.0. The molecule has 0 aromatic heterocycles. The molecule has 0 unspecified atom stereocenters. The molecule has 0 atom stereocenters. The lowest BCUT2D eigenvalue weighted by Gasteiger charge is -2.13. The molecule has 0 spiro atoms. The Bertz CT molecular complexity index is 605. The molecule has 0 amide bonds. The molecule has 1 nitrogen and oxygen atoms in total. The van der Waals surface area contributed by atoms with Crippen molar-refractivity contribution >= 4 is 5.69 Å². The topological polar surface area (TPSA) is 12.0 Å². The fourth-order valence-electron chi connectivity index (χ4n) is 1.83. The average Bonchev–Trinajstić information content (AvgIpc) is 2.36. The molecular formula is C15H13F4N. The van der Waals surface area contributed by atoms with Crippen molar-refractivity contribution < 1.29 is 17.6 Å². The molecule has 5 heteroatoms. The highest BCUT2D eigenvalue weighted by atomic mass is 19.4. The molecule has 0 saturated heterocycles. The molecular weight excluding hydrogens is 270 g/mol. The van der Waals surface area contributed by atoms with Gasteiger partial charge >= 0.3 is 6.18 Å². The number of halogens is 4. The number of hydrogen-bond acceptors (Lipinski definition) is 1. The minimum Gasteiger partial charge on any atom is -0.381 e. The standard InChI is InChI=1S/C15H13F4N/c1-10-5-6-12(15(17,18)19)8-14(10)20-9-11-3-2-4-13(16)7-11/h2-8,20H,9H2,1H3. The summed E-state index contributed by atoms with van der Waals surface area (Å²) in [6, 6.07) is 9.45. The first-order valence-electron chi connectivity index (χ1n) is 6.02. The van der Waals surface area contributed by atoms with Gasteiger partial charge < -0.3 is 5.32 Å². The smallest absolute Gasteiger partial charge is 0.381 e. The monoisotopic (exact) mass is 283 g/mol. The van der Waals surface area contributed by atoms with E-state index in [-0.39, 0.29) is 12.4 Å². The summed E-state index contributed by atoms with van der Waals surface area (Å²) in [6.45, 7) is 1.98. The van der Waals surface area contributed by atoms with Gasteiger partial charge in [0.25, 0.3) is 0 Å². The molecule has 0 aliphatic rings. The normalized spacial score (nSPS) is 11.4. The Kier molecular flexibility index (Phi) is 3.97. The predicted molar refractivity (Wildman–Crippen MR) is 69.9 cm³/mol. The second kappa shape index (κ2) is 5.53. The Labute approximate surface area is 114 Å². The van der Waals surface area contributed by atoms with Crippen molar-refractivity contribution in [3.8, 4) is 0 Å². The fraction of sp³-hybridized carbons (Fsp3) is 0.200. The van der Waals surface area contributed by atoms with E-state index in [1.165, 1.54) is 18.2 Å². The third-order valence-corrected chi connectivity index (χ3v) is 2.94. The van der Waals surface area contributed by atoms with E-state index in [4.69, 9.17) is 0 Å². The van der Waals surface area contributed by atoms with Crippen molar-refractivity contribution in [3.63, 3.8) is 0 Å². The number of anilines is 1. The highest BCUT2D eigenvalue weighted by molar-refractivity contribution is 5.53. The Hall–Kier alpha value is -2.04. The van der Waals surface area contributed by atoms with Crippen molar-refractivity contribution in [2.24, 2.45) is 0 Å². The Balaban J connectivity index is 2.17. The number of alkyl halides is 3. The van der Waals surface area contributed by atoms with Crippen LogP contribution in [0.5, 0.6) is 0 Å². The van der Waals surface area contributed by atoms with Gasteiger partial charge in [0.1, 0.15) is 5.82 Å². The van der Waals surface area contributed by atoms with Crippen LogP contribution in [-0.2, 0) is 12.7 Å². The molecule has 0 saturated carbocycles. The minimum absolute atomic E-state index is 0.264. The second-order valence-corrected chi connectivity index (χ2v) is 4.51. The van der Waals surface area contributed by atoms with Crippen molar-refractivity contribution in [2.75, 3.05) is 5.32 Å². The van der Waals surface area contributed by atoms with Gasteiger partial charge in [-0.15, -0.1) is 0 Å². The van der Waals surface area contributed by atoms with Crippen LogP contribution in [0, 0.1) is 12.7 Å². The van der Waals surface area contributed by atoms with Crippen molar-refractivity contribution in [3.05, 3.63) is 65.0 Å². The third-order valence-electron chi connectivity index (χ3n) is 2.94. The summed E-state index contributed by atoms with van der Waals surface area (Å²) in [5, 5.41) is 2.90. The fourth-order valence-corrected chi connectivity index (χ4v) is 1.83. The van der Waals surface area contributed by atoms with Gasteiger partial charge in [-0.3, -0.25) is 0 Å². The van der Waals surface area contributed by atoms with Crippen LogP contribution in [-0.4, -0.2) is 0 Å². The molecule has 0 heterocycles. The molecule has 0 radical (unpaired) electrons. The second-order valence-electron chi connectivity index (χ2n) is 4.51. The van der Waals surface area contributed by atoms with E-state index in [2.05, 4.69) is 5.32 Å². The Morgan fingerprint density at radius 1 is 1.05 bits per heavy atom. The molecule has 0 aliphatic heterocycles. The van der Waals surface area contributed by atoms with Crippen LogP contribution in [0.2, 0.25) is 0 Å². The first-order valence-corrected chi connectivity index (χ1v) is 6.02. The SMILES string of the molecule is Cc1ccc(C(F)(F)F)cc1NCc1cccc(F)c1. The van der Waals surface area contributed by atoms with Crippen LogP contribution in [0.1, 0.15) is 16.7 Å². The van der Waals surface area contributed by atoms with Gasteiger partial charge in [0.15, 0.2) is 0 Å². The summed E-state index contributed by atoms with van der Waals surface area (Å²) < 4.78 is 50.9. The van der Waals surface area contributed by atoms with Crippen LogP contribution in [0.25, 0.3) is 0 Å². The molecule has 0 aliphatic carbocycles. The van der Waals surface area contributed by atoms with E-state index in [0.29, 0.717) is 16.8 Å². The van der Waals surface area contributed by atoms with Crippen molar-refractivity contribution in [1.82, 2.24) is 0 Å². The zero-order valence-corrected chi connectivity index (χ0v) is 10.8. The molecule has 0 fully saturated rings. The van der Waals surface area contributed by atoms with Crippen LogP contribution in [0.3, 0.4) is 0 Å². The number of aryl methyl sites for hydroxylation is 1. The number of benzene rings is 2. The van der Waals surface area contributed by atoms with Crippen LogP contribution in [0.4, 0.5) is 23.2 Å². The quantitative estimate of drug-likeness (QED) is 0.800. The molecule has 2 aromatic carbocycles.